The largest absolute Gasteiger partial charge is 0.273 e. The van der Waals surface area contributed by atoms with Crippen LogP contribution in [0.4, 0.5) is 17.1 Å². The van der Waals surface area contributed by atoms with E-state index in [0.29, 0.717) is 5.69 Å². The summed E-state index contributed by atoms with van der Waals surface area (Å²) in [6.07, 6.45) is 1.13. The van der Waals surface area contributed by atoms with Gasteiger partial charge in [0.05, 0.1) is 11.4 Å². The molecular weight excluding hydrogens is 357 g/mol. The first-order valence-corrected chi connectivity index (χ1v) is 8.36. The second-order valence-corrected chi connectivity index (χ2v) is 6.72. The van der Waals surface area contributed by atoms with E-state index in [9.17, 15) is 8.42 Å². The lowest BCUT2D eigenvalue weighted by Crippen LogP contribution is -2.14. The van der Waals surface area contributed by atoms with Gasteiger partial charge in [-0.15, -0.1) is 0 Å². The minimum absolute atomic E-state index is 0.0234. The summed E-state index contributed by atoms with van der Waals surface area (Å²) in [7, 11) is -3.95. The van der Waals surface area contributed by atoms with E-state index in [1.54, 1.807) is 12.1 Å². The van der Waals surface area contributed by atoms with Crippen molar-refractivity contribution in [3.63, 3.8) is 0 Å². The Morgan fingerprint density at radius 2 is 1.81 bits per heavy atom. The Morgan fingerprint density at radius 3 is 2.52 bits per heavy atom. The lowest BCUT2D eigenvalue weighted by atomic mass is 10.3. The monoisotopic (exact) mass is 361 g/mol. The van der Waals surface area contributed by atoms with Gasteiger partial charge in [-0.2, -0.15) is 8.73 Å². The summed E-state index contributed by atoms with van der Waals surface area (Å²) < 4.78 is 35.2. The Hall–Kier alpha value is -1.55. The maximum atomic E-state index is 12.5. The molecule has 7 nitrogen and oxygen atoms in total. The van der Waals surface area contributed by atoms with Gasteiger partial charge in [0.2, 0.25) is 0 Å². The van der Waals surface area contributed by atoms with Crippen LogP contribution in [0.25, 0.3) is 0 Å². The molecule has 1 aromatic heterocycles. The third-order valence-corrected chi connectivity index (χ3v) is 5.03. The van der Waals surface area contributed by atoms with Crippen molar-refractivity contribution in [3.8, 4) is 0 Å². The molecule has 21 heavy (non-hydrogen) atoms. The minimum atomic E-state index is -3.95. The molecule has 0 spiro atoms. The highest BCUT2D eigenvalue weighted by Crippen LogP contribution is 2.38. The Morgan fingerprint density at radius 1 is 1.10 bits per heavy atom. The highest BCUT2D eigenvalue weighted by molar-refractivity contribution is 7.93. The Labute approximate surface area is 133 Å². The first-order valence-electron chi connectivity index (χ1n) is 5.39. The number of sulfonamides is 1. The average Bonchev–Trinajstić information content (AvgIpc) is 2.91. The van der Waals surface area contributed by atoms with Gasteiger partial charge in [-0.05, 0) is 12.1 Å². The number of nitrogens with zero attached hydrogens (tertiary/aromatic N) is 4. The number of hydrogen-bond donors (Lipinski definition) is 1. The minimum Gasteiger partial charge on any atom is -0.273 e. The predicted molar refractivity (Wildman–Crippen MR) is 80.8 cm³/mol. The maximum Gasteiger partial charge on any atom is 0.264 e. The molecule has 2 heterocycles. The molecule has 0 saturated heterocycles. The van der Waals surface area contributed by atoms with Crippen LogP contribution in [0.5, 0.6) is 0 Å². The molecule has 1 aliphatic rings. The number of anilines is 1. The standard InChI is InChI=1S/C10H5Cl2N5O2S2/c11-9-8(10(12)14-4-13-9)17-21(18,19)6-3-1-2-5-7(6)16-20-15-5/h1-4,17H. The molecule has 3 rings (SSSR count). The molecule has 0 radical (unpaired) electrons. The fourth-order valence-electron chi connectivity index (χ4n) is 1.62. The van der Waals surface area contributed by atoms with E-state index in [-0.39, 0.29) is 26.6 Å². The quantitative estimate of drug-likeness (QED) is 0.723. The SMILES string of the molecule is O=S(=O)(Nc1c(Cl)ncnc1Cl)c1cccc2c1N=S=N2. The van der Waals surface area contributed by atoms with Crippen molar-refractivity contribution in [1.82, 2.24) is 9.97 Å². The second-order valence-electron chi connectivity index (χ2n) is 3.82. The van der Waals surface area contributed by atoms with Gasteiger partial charge in [-0.3, -0.25) is 4.72 Å². The molecule has 0 unspecified atom stereocenters. The van der Waals surface area contributed by atoms with E-state index in [0.717, 1.165) is 17.7 Å². The summed E-state index contributed by atoms with van der Waals surface area (Å²) in [4.78, 5) is 7.35. The van der Waals surface area contributed by atoms with Gasteiger partial charge < -0.3 is 0 Å². The molecule has 0 atom stereocenters. The van der Waals surface area contributed by atoms with Crippen molar-refractivity contribution >= 4 is 61.6 Å². The zero-order valence-corrected chi connectivity index (χ0v) is 13.1. The third-order valence-electron chi connectivity index (χ3n) is 2.53. The maximum absolute atomic E-state index is 12.5. The lowest BCUT2D eigenvalue weighted by Gasteiger charge is -2.11. The summed E-state index contributed by atoms with van der Waals surface area (Å²) in [6, 6.07) is 4.66. The van der Waals surface area contributed by atoms with Crippen molar-refractivity contribution < 1.29 is 8.42 Å². The topological polar surface area (TPSA) is 96.7 Å². The summed E-state index contributed by atoms with van der Waals surface area (Å²) in [5.41, 5.74) is 0.685. The van der Waals surface area contributed by atoms with E-state index >= 15 is 0 Å². The Balaban J connectivity index is 2.07. The fraction of sp³-hybridized carbons (Fsp3) is 0. The molecule has 0 aliphatic carbocycles. The van der Waals surface area contributed by atoms with E-state index < -0.39 is 10.0 Å². The van der Waals surface area contributed by atoms with Crippen LogP contribution < -0.4 is 4.72 Å². The molecule has 1 aromatic carbocycles. The highest BCUT2D eigenvalue weighted by atomic mass is 35.5. The summed E-state index contributed by atoms with van der Waals surface area (Å²) in [5.74, 6) is 0. The third kappa shape index (κ3) is 2.64. The van der Waals surface area contributed by atoms with Crippen LogP contribution in [-0.2, 0) is 21.4 Å². The van der Waals surface area contributed by atoms with Gasteiger partial charge >= 0.3 is 0 Å². The Kier molecular flexibility index (Phi) is 3.66. The normalized spacial score (nSPS) is 12.9. The molecule has 1 aliphatic heterocycles. The van der Waals surface area contributed by atoms with Crippen molar-refractivity contribution in [3.05, 3.63) is 34.8 Å². The highest BCUT2D eigenvalue weighted by Gasteiger charge is 2.24. The summed E-state index contributed by atoms with van der Waals surface area (Å²) in [6.45, 7) is 0. The number of benzene rings is 1. The molecule has 0 bridgehead atoms. The summed E-state index contributed by atoms with van der Waals surface area (Å²) in [5, 5.41) is -0.190. The average molecular weight is 362 g/mol. The zero-order chi connectivity index (χ0) is 15.0. The molecule has 11 heteroatoms. The molecule has 1 N–H and O–H groups in total. The van der Waals surface area contributed by atoms with Gasteiger partial charge in [-0.25, -0.2) is 18.4 Å². The molecule has 0 saturated carbocycles. The number of fused-ring (bicyclic) bond motifs is 1. The number of rotatable bonds is 3. The first kappa shape index (κ1) is 14.4. The van der Waals surface area contributed by atoms with Crippen LogP contribution in [0.3, 0.4) is 0 Å². The van der Waals surface area contributed by atoms with E-state index in [1.807, 2.05) is 0 Å². The Bertz CT molecular complexity index is 889. The van der Waals surface area contributed by atoms with Gasteiger partial charge in [0.1, 0.15) is 28.3 Å². The van der Waals surface area contributed by atoms with E-state index in [1.165, 1.54) is 6.07 Å². The number of aromatic nitrogens is 2. The van der Waals surface area contributed by atoms with Crippen LogP contribution >= 0.6 is 23.2 Å². The van der Waals surface area contributed by atoms with Crippen LogP contribution in [0.15, 0.2) is 38.1 Å². The van der Waals surface area contributed by atoms with Gasteiger partial charge in [-0.1, -0.05) is 29.3 Å². The zero-order valence-electron chi connectivity index (χ0n) is 9.99. The molecule has 0 amide bonds. The first-order chi connectivity index (χ1) is 9.99. The van der Waals surface area contributed by atoms with Crippen molar-refractivity contribution in [2.75, 3.05) is 4.72 Å². The van der Waals surface area contributed by atoms with Crippen LogP contribution in [-0.4, -0.2) is 18.4 Å². The summed E-state index contributed by atoms with van der Waals surface area (Å²) >= 11 is 12.6. The van der Waals surface area contributed by atoms with Crippen molar-refractivity contribution in [1.29, 1.82) is 0 Å². The fourth-order valence-corrected chi connectivity index (χ4v) is 3.98. The van der Waals surface area contributed by atoms with Gasteiger partial charge in [0, 0.05) is 0 Å². The number of nitrogens with one attached hydrogen (secondary N) is 1. The smallest absolute Gasteiger partial charge is 0.264 e. The predicted octanol–water partition coefficient (Wildman–Crippen LogP) is 3.31. The second kappa shape index (κ2) is 5.34. The van der Waals surface area contributed by atoms with Crippen LogP contribution in [0.1, 0.15) is 0 Å². The molecular formula is C10H5Cl2N5O2S2. The van der Waals surface area contributed by atoms with Crippen molar-refractivity contribution in [2.24, 2.45) is 8.73 Å². The van der Waals surface area contributed by atoms with Gasteiger partial charge in [0.15, 0.2) is 10.3 Å². The van der Waals surface area contributed by atoms with Crippen LogP contribution in [0.2, 0.25) is 10.3 Å². The van der Waals surface area contributed by atoms with E-state index in [2.05, 4.69) is 23.4 Å². The molecule has 2 aromatic rings. The van der Waals surface area contributed by atoms with Gasteiger partial charge in [0.25, 0.3) is 10.0 Å². The lowest BCUT2D eigenvalue weighted by molar-refractivity contribution is 0.601. The van der Waals surface area contributed by atoms with Crippen LogP contribution in [0, 0.1) is 0 Å². The van der Waals surface area contributed by atoms with E-state index in [4.69, 9.17) is 23.2 Å². The molecule has 0 fully saturated rings. The number of halogens is 2. The number of hydrogen-bond acceptors (Lipinski definition) is 6. The van der Waals surface area contributed by atoms with Crippen molar-refractivity contribution in [2.45, 2.75) is 4.90 Å². The molecule has 108 valence electrons.